The summed E-state index contributed by atoms with van der Waals surface area (Å²) in [6.45, 7) is 1.12. The maximum atomic E-state index is 12.0. The van der Waals surface area contributed by atoms with Gasteiger partial charge < -0.3 is 10.3 Å². The molecule has 0 saturated carbocycles. The molecule has 0 aliphatic rings. The Kier molecular flexibility index (Phi) is 4.11. The highest BCUT2D eigenvalue weighted by molar-refractivity contribution is 7.09. The Morgan fingerprint density at radius 1 is 1.22 bits per heavy atom. The van der Waals surface area contributed by atoms with E-state index in [1.807, 2.05) is 17.5 Å². The summed E-state index contributed by atoms with van der Waals surface area (Å²) in [6, 6.07) is 5.43. The first-order valence-electron chi connectivity index (χ1n) is 5.75. The van der Waals surface area contributed by atoms with Crippen LogP contribution in [-0.2, 0) is 19.5 Å². The van der Waals surface area contributed by atoms with Crippen molar-refractivity contribution in [3.05, 3.63) is 55.5 Å². The standard InChI is InChI=1S/C12H15N3O2S/c13-5-8-15-11(16)4-7-14(12(15)17)6-3-10-2-1-9-18-10/h1-2,4,7,9H,3,5-6,8,13H2. The minimum Gasteiger partial charge on any atom is -0.329 e. The number of hydrogen-bond donors (Lipinski definition) is 1. The lowest BCUT2D eigenvalue weighted by Gasteiger charge is -2.08. The fourth-order valence-corrected chi connectivity index (χ4v) is 2.45. The Morgan fingerprint density at radius 3 is 2.72 bits per heavy atom. The van der Waals surface area contributed by atoms with E-state index in [1.54, 1.807) is 22.1 Å². The maximum absolute atomic E-state index is 12.0. The molecule has 0 atom stereocenters. The van der Waals surface area contributed by atoms with Crippen LogP contribution in [0.4, 0.5) is 0 Å². The Balaban J connectivity index is 2.21. The van der Waals surface area contributed by atoms with Gasteiger partial charge in [0.15, 0.2) is 0 Å². The topological polar surface area (TPSA) is 70.0 Å². The summed E-state index contributed by atoms with van der Waals surface area (Å²) >= 11 is 1.66. The van der Waals surface area contributed by atoms with Gasteiger partial charge in [0.2, 0.25) is 0 Å². The number of thiophene rings is 1. The SMILES string of the molecule is NCCn1c(=O)ccn(CCc2cccs2)c1=O. The minimum atomic E-state index is -0.294. The molecule has 2 N–H and O–H groups in total. The van der Waals surface area contributed by atoms with Gasteiger partial charge in [-0.15, -0.1) is 11.3 Å². The van der Waals surface area contributed by atoms with Crippen LogP contribution in [0.1, 0.15) is 4.88 Å². The van der Waals surface area contributed by atoms with Crippen LogP contribution < -0.4 is 17.0 Å². The van der Waals surface area contributed by atoms with Crippen LogP contribution in [0.3, 0.4) is 0 Å². The summed E-state index contributed by atoms with van der Waals surface area (Å²) in [5, 5.41) is 2.01. The van der Waals surface area contributed by atoms with Gasteiger partial charge in [0.05, 0.1) is 0 Å². The average molecular weight is 265 g/mol. The molecular weight excluding hydrogens is 250 g/mol. The van der Waals surface area contributed by atoms with Crippen molar-refractivity contribution in [3.63, 3.8) is 0 Å². The summed E-state index contributed by atoms with van der Waals surface area (Å²) in [6.07, 6.45) is 2.34. The lowest BCUT2D eigenvalue weighted by molar-refractivity contribution is 0.556. The van der Waals surface area contributed by atoms with E-state index in [2.05, 4.69) is 0 Å². The van der Waals surface area contributed by atoms with Crippen molar-refractivity contribution in [1.29, 1.82) is 0 Å². The molecule has 6 heteroatoms. The van der Waals surface area contributed by atoms with Crippen molar-refractivity contribution in [1.82, 2.24) is 9.13 Å². The third-order valence-electron chi connectivity index (χ3n) is 2.67. The second kappa shape index (κ2) is 5.79. The highest BCUT2D eigenvalue weighted by Crippen LogP contribution is 2.09. The molecule has 0 aromatic carbocycles. The van der Waals surface area contributed by atoms with Crippen LogP contribution in [0.15, 0.2) is 39.4 Å². The van der Waals surface area contributed by atoms with Gasteiger partial charge >= 0.3 is 5.69 Å². The van der Waals surface area contributed by atoms with Crippen LogP contribution >= 0.6 is 11.3 Å². The number of nitrogens with two attached hydrogens (primary N) is 1. The summed E-state index contributed by atoms with van der Waals surface area (Å²) in [4.78, 5) is 24.7. The minimum absolute atomic E-state index is 0.261. The molecule has 0 bridgehead atoms. The zero-order valence-corrected chi connectivity index (χ0v) is 10.7. The second-order valence-electron chi connectivity index (χ2n) is 3.90. The smallest absolute Gasteiger partial charge is 0.329 e. The molecule has 0 aliphatic carbocycles. The zero-order valence-electron chi connectivity index (χ0n) is 9.91. The number of aryl methyl sites for hydroxylation is 2. The fraction of sp³-hybridized carbons (Fsp3) is 0.333. The predicted molar refractivity (Wildman–Crippen MR) is 72.0 cm³/mol. The van der Waals surface area contributed by atoms with Crippen molar-refractivity contribution in [2.24, 2.45) is 5.73 Å². The first-order chi connectivity index (χ1) is 8.72. The van der Waals surface area contributed by atoms with Gasteiger partial charge in [-0.25, -0.2) is 4.79 Å². The Bertz CT molecular complexity index is 613. The van der Waals surface area contributed by atoms with Gasteiger partial charge in [0.1, 0.15) is 0 Å². The molecule has 2 aromatic heterocycles. The second-order valence-corrected chi connectivity index (χ2v) is 4.93. The van der Waals surface area contributed by atoms with E-state index in [4.69, 9.17) is 5.73 Å². The molecule has 2 heterocycles. The van der Waals surface area contributed by atoms with Gasteiger partial charge in [-0.1, -0.05) is 6.07 Å². The Hall–Kier alpha value is -1.66. The average Bonchev–Trinajstić information content (AvgIpc) is 2.86. The molecule has 5 nitrogen and oxygen atoms in total. The monoisotopic (exact) mass is 265 g/mol. The van der Waals surface area contributed by atoms with Crippen molar-refractivity contribution >= 4 is 11.3 Å². The summed E-state index contributed by atoms with van der Waals surface area (Å²) in [5.41, 5.74) is 4.81. The maximum Gasteiger partial charge on any atom is 0.331 e. The van der Waals surface area contributed by atoms with E-state index >= 15 is 0 Å². The molecule has 0 fully saturated rings. The van der Waals surface area contributed by atoms with E-state index in [0.29, 0.717) is 6.54 Å². The molecule has 0 aliphatic heterocycles. The molecule has 0 spiro atoms. The zero-order chi connectivity index (χ0) is 13.0. The quantitative estimate of drug-likeness (QED) is 0.843. The Labute approximate surface area is 108 Å². The highest BCUT2D eigenvalue weighted by atomic mass is 32.1. The fourth-order valence-electron chi connectivity index (χ4n) is 1.75. The molecule has 2 aromatic rings. The van der Waals surface area contributed by atoms with Crippen LogP contribution in [0.5, 0.6) is 0 Å². The van der Waals surface area contributed by atoms with Gasteiger partial charge in [0, 0.05) is 36.8 Å². The van der Waals surface area contributed by atoms with E-state index in [0.717, 1.165) is 6.42 Å². The molecule has 0 amide bonds. The normalized spacial score (nSPS) is 10.7. The molecule has 18 heavy (non-hydrogen) atoms. The first-order valence-corrected chi connectivity index (χ1v) is 6.63. The summed E-state index contributed by atoms with van der Waals surface area (Å²) < 4.78 is 2.73. The van der Waals surface area contributed by atoms with E-state index in [1.165, 1.54) is 15.5 Å². The van der Waals surface area contributed by atoms with Crippen molar-refractivity contribution < 1.29 is 0 Å². The third-order valence-corrected chi connectivity index (χ3v) is 3.61. The van der Waals surface area contributed by atoms with Crippen molar-refractivity contribution in [2.75, 3.05) is 6.54 Å². The predicted octanol–water partition coefficient (Wildman–Crippen LogP) is 0.273. The first kappa shape index (κ1) is 12.8. The molecule has 0 radical (unpaired) electrons. The highest BCUT2D eigenvalue weighted by Gasteiger charge is 2.04. The molecular formula is C12H15N3O2S. The molecule has 96 valence electrons. The molecule has 0 saturated heterocycles. The number of nitrogens with zero attached hydrogens (tertiary/aromatic N) is 2. The van der Waals surface area contributed by atoms with Gasteiger partial charge in [-0.3, -0.25) is 9.36 Å². The molecule has 2 rings (SSSR count). The van der Waals surface area contributed by atoms with Crippen molar-refractivity contribution in [3.8, 4) is 0 Å². The lowest BCUT2D eigenvalue weighted by Crippen LogP contribution is -2.40. The van der Waals surface area contributed by atoms with Crippen LogP contribution in [-0.4, -0.2) is 15.7 Å². The number of aromatic nitrogens is 2. The Morgan fingerprint density at radius 2 is 2.06 bits per heavy atom. The van der Waals surface area contributed by atoms with Crippen LogP contribution in [0, 0.1) is 0 Å². The largest absolute Gasteiger partial charge is 0.331 e. The molecule has 0 unspecified atom stereocenters. The summed E-state index contributed by atoms with van der Waals surface area (Å²) in [7, 11) is 0. The number of hydrogen-bond acceptors (Lipinski definition) is 4. The third kappa shape index (κ3) is 2.77. The van der Waals surface area contributed by atoms with Gasteiger partial charge in [-0.2, -0.15) is 0 Å². The van der Waals surface area contributed by atoms with E-state index < -0.39 is 0 Å². The number of rotatable bonds is 5. The van der Waals surface area contributed by atoms with Gasteiger partial charge in [-0.05, 0) is 17.9 Å². The van der Waals surface area contributed by atoms with Crippen LogP contribution in [0.25, 0.3) is 0 Å². The van der Waals surface area contributed by atoms with Gasteiger partial charge in [0.25, 0.3) is 5.56 Å². The van der Waals surface area contributed by atoms with Crippen molar-refractivity contribution in [2.45, 2.75) is 19.5 Å². The van der Waals surface area contributed by atoms with Crippen LogP contribution in [0.2, 0.25) is 0 Å². The van der Waals surface area contributed by atoms with E-state index in [9.17, 15) is 9.59 Å². The lowest BCUT2D eigenvalue weighted by atomic mass is 10.3. The summed E-state index contributed by atoms with van der Waals surface area (Å²) in [5.74, 6) is 0. The van der Waals surface area contributed by atoms with E-state index in [-0.39, 0.29) is 24.3 Å².